The minimum atomic E-state index is 0.174. The maximum atomic E-state index is 2.42. The Kier molecular flexibility index (Phi) is 2.28. The topological polar surface area (TPSA) is 0 Å². The number of rotatable bonds is 1. The Bertz CT molecular complexity index is 228. The lowest BCUT2D eigenvalue weighted by Gasteiger charge is -2.25. The minimum Gasteiger partial charge on any atom is -0.206 e. The molecule has 0 radical (unpaired) electrons. The molecule has 1 aromatic carbocycles. The van der Waals surface area contributed by atoms with Gasteiger partial charge >= 0.3 is 0 Å². The first-order chi connectivity index (χ1) is 5.79. The van der Waals surface area contributed by atoms with E-state index in [1.54, 1.807) is 5.30 Å². The van der Waals surface area contributed by atoms with Crippen molar-refractivity contribution in [2.24, 2.45) is 0 Å². The molecule has 1 aliphatic rings. The molecule has 1 aromatic rings. The van der Waals surface area contributed by atoms with Gasteiger partial charge in [0.05, 0.1) is 0 Å². The summed E-state index contributed by atoms with van der Waals surface area (Å²) in [5, 5.41) is 1.63. The maximum Gasteiger partial charge on any atom is -0.0309 e. The summed E-state index contributed by atoms with van der Waals surface area (Å²) in [6.07, 6.45) is 2.89. The van der Waals surface area contributed by atoms with Crippen molar-refractivity contribution in [3.05, 3.63) is 24.3 Å². The predicted octanol–water partition coefficient (Wildman–Crippen LogP) is 3.08. The summed E-state index contributed by atoms with van der Waals surface area (Å²) >= 11 is 0. The average Bonchev–Trinajstić information content (AvgIpc) is 2.61. The highest BCUT2D eigenvalue weighted by Crippen LogP contribution is 2.54. The van der Waals surface area contributed by atoms with Gasteiger partial charge in [0.25, 0.3) is 0 Å². The molecule has 0 spiro atoms. The van der Waals surface area contributed by atoms with E-state index in [1.165, 1.54) is 12.8 Å². The standard InChI is InChI=1S/C11H16P/c1-9-7-8-10(2)12(9)11-5-3-4-6-11/h3-6,9-10H,7-8H2,1-2H3/q-1/t9-,10-/m0/s1. The van der Waals surface area contributed by atoms with E-state index in [4.69, 9.17) is 0 Å². The third-order valence-corrected chi connectivity index (χ3v) is 6.21. The molecule has 0 amide bonds. The van der Waals surface area contributed by atoms with E-state index in [-0.39, 0.29) is 7.92 Å². The van der Waals surface area contributed by atoms with Crippen LogP contribution in [0.5, 0.6) is 0 Å². The molecule has 0 nitrogen and oxygen atoms in total. The van der Waals surface area contributed by atoms with E-state index in [2.05, 4.69) is 38.1 Å². The molecule has 2 rings (SSSR count). The largest absolute Gasteiger partial charge is 0.206 e. The fraction of sp³-hybridized carbons (Fsp3) is 0.545. The molecule has 0 aliphatic carbocycles. The van der Waals surface area contributed by atoms with Crippen molar-refractivity contribution in [3.63, 3.8) is 0 Å². The average molecular weight is 179 g/mol. The van der Waals surface area contributed by atoms with E-state index in [0.717, 1.165) is 11.3 Å². The molecular formula is C11H16P-. The third kappa shape index (κ3) is 1.33. The van der Waals surface area contributed by atoms with Crippen LogP contribution in [-0.2, 0) is 0 Å². The van der Waals surface area contributed by atoms with Gasteiger partial charge in [0.2, 0.25) is 0 Å². The molecule has 1 aliphatic heterocycles. The molecule has 1 saturated heterocycles. The minimum absolute atomic E-state index is 0.174. The molecule has 0 unspecified atom stereocenters. The third-order valence-electron chi connectivity index (χ3n) is 2.90. The van der Waals surface area contributed by atoms with Gasteiger partial charge in [-0.3, -0.25) is 0 Å². The highest BCUT2D eigenvalue weighted by Gasteiger charge is 2.26. The van der Waals surface area contributed by atoms with Gasteiger partial charge in [0.1, 0.15) is 0 Å². The second-order valence-corrected chi connectivity index (χ2v) is 6.92. The highest BCUT2D eigenvalue weighted by molar-refractivity contribution is 7.67. The zero-order chi connectivity index (χ0) is 8.55. The molecule has 1 heteroatoms. The van der Waals surface area contributed by atoms with E-state index in [0.29, 0.717) is 0 Å². The van der Waals surface area contributed by atoms with E-state index in [1.807, 2.05) is 0 Å². The monoisotopic (exact) mass is 179 g/mol. The van der Waals surface area contributed by atoms with Crippen molar-refractivity contribution in [1.29, 1.82) is 0 Å². The number of hydrogen-bond donors (Lipinski definition) is 0. The fourth-order valence-corrected chi connectivity index (χ4v) is 5.50. The molecular weight excluding hydrogens is 163 g/mol. The van der Waals surface area contributed by atoms with Crippen LogP contribution in [0.15, 0.2) is 24.3 Å². The van der Waals surface area contributed by atoms with Crippen LogP contribution in [0, 0.1) is 0 Å². The van der Waals surface area contributed by atoms with E-state index >= 15 is 0 Å². The van der Waals surface area contributed by atoms with Crippen LogP contribution in [0.2, 0.25) is 0 Å². The summed E-state index contributed by atoms with van der Waals surface area (Å²) in [5.74, 6) is 0. The Balaban J connectivity index is 2.22. The molecule has 66 valence electrons. The van der Waals surface area contributed by atoms with Crippen LogP contribution in [-0.4, -0.2) is 11.3 Å². The summed E-state index contributed by atoms with van der Waals surface area (Å²) in [6.45, 7) is 4.84. The number of hydrogen-bond acceptors (Lipinski definition) is 0. The molecule has 0 aromatic heterocycles. The van der Waals surface area contributed by atoms with Gasteiger partial charge in [-0.15, -0.1) is 7.92 Å². The zero-order valence-corrected chi connectivity index (χ0v) is 8.72. The van der Waals surface area contributed by atoms with Crippen molar-refractivity contribution in [1.82, 2.24) is 0 Å². The van der Waals surface area contributed by atoms with Gasteiger partial charge in [-0.1, -0.05) is 13.8 Å². The van der Waals surface area contributed by atoms with Crippen LogP contribution in [0.4, 0.5) is 0 Å². The summed E-state index contributed by atoms with van der Waals surface area (Å²) in [7, 11) is 0.174. The SMILES string of the molecule is C[C@H]1CC[C@H](C)P1c1cc[cH-]c1. The Morgan fingerprint density at radius 1 is 1.33 bits per heavy atom. The smallest absolute Gasteiger partial charge is 0.0309 e. The predicted molar refractivity (Wildman–Crippen MR) is 56.7 cm³/mol. The first kappa shape index (κ1) is 8.38. The van der Waals surface area contributed by atoms with Gasteiger partial charge in [-0.2, -0.15) is 23.5 Å². The van der Waals surface area contributed by atoms with Gasteiger partial charge in [0.15, 0.2) is 0 Å². The molecule has 1 heterocycles. The molecule has 0 N–H and O–H groups in total. The van der Waals surface area contributed by atoms with Crippen LogP contribution in [0.25, 0.3) is 0 Å². The molecule has 2 atom stereocenters. The van der Waals surface area contributed by atoms with Crippen molar-refractivity contribution in [2.75, 3.05) is 0 Å². The Labute approximate surface area is 76.1 Å². The van der Waals surface area contributed by atoms with Crippen LogP contribution in [0.1, 0.15) is 26.7 Å². The lowest BCUT2D eigenvalue weighted by atomic mass is 10.2. The Hall–Kier alpha value is -0.220. The van der Waals surface area contributed by atoms with Crippen LogP contribution in [0.3, 0.4) is 0 Å². The molecule has 0 bridgehead atoms. The lowest BCUT2D eigenvalue weighted by Crippen LogP contribution is -2.08. The van der Waals surface area contributed by atoms with Crippen molar-refractivity contribution in [3.8, 4) is 0 Å². The summed E-state index contributed by atoms with van der Waals surface area (Å²) < 4.78 is 0. The molecule has 0 saturated carbocycles. The maximum absolute atomic E-state index is 2.42. The first-order valence-electron chi connectivity index (χ1n) is 4.79. The summed E-state index contributed by atoms with van der Waals surface area (Å²) in [6, 6.07) is 8.97. The van der Waals surface area contributed by atoms with Gasteiger partial charge < -0.3 is 0 Å². The van der Waals surface area contributed by atoms with Crippen LogP contribution >= 0.6 is 7.92 Å². The Morgan fingerprint density at radius 2 is 2.00 bits per heavy atom. The summed E-state index contributed by atoms with van der Waals surface area (Å²) in [4.78, 5) is 0. The van der Waals surface area contributed by atoms with E-state index in [9.17, 15) is 0 Å². The molecule has 1 fully saturated rings. The van der Waals surface area contributed by atoms with Gasteiger partial charge in [-0.05, 0) is 24.2 Å². The second kappa shape index (κ2) is 3.26. The van der Waals surface area contributed by atoms with Crippen molar-refractivity contribution in [2.45, 2.75) is 38.0 Å². The summed E-state index contributed by atoms with van der Waals surface area (Å²) in [5.41, 5.74) is 1.91. The van der Waals surface area contributed by atoms with Gasteiger partial charge in [-0.25, -0.2) is 6.07 Å². The van der Waals surface area contributed by atoms with E-state index < -0.39 is 0 Å². The quantitative estimate of drug-likeness (QED) is 0.459. The zero-order valence-electron chi connectivity index (χ0n) is 7.83. The van der Waals surface area contributed by atoms with Gasteiger partial charge in [0, 0.05) is 0 Å². The van der Waals surface area contributed by atoms with Crippen molar-refractivity contribution >= 4 is 13.2 Å². The lowest BCUT2D eigenvalue weighted by molar-refractivity contribution is 0.777. The van der Waals surface area contributed by atoms with Crippen LogP contribution < -0.4 is 5.30 Å². The first-order valence-corrected chi connectivity index (χ1v) is 6.27. The molecule has 12 heavy (non-hydrogen) atoms. The second-order valence-electron chi connectivity index (χ2n) is 3.83. The fourth-order valence-electron chi connectivity index (χ4n) is 2.24. The normalized spacial score (nSPS) is 31.2. The highest BCUT2D eigenvalue weighted by atomic mass is 31.1. The van der Waals surface area contributed by atoms with Crippen molar-refractivity contribution < 1.29 is 0 Å². The Morgan fingerprint density at radius 3 is 2.50 bits per heavy atom.